The predicted octanol–water partition coefficient (Wildman–Crippen LogP) is 3.66. The van der Waals surface area contributed by atoms with Gasteiger partial charge in [0.05, 0.1) is 7.11 Å². The molecule has 1 heterocycles. The van der Waals surface area contributed by atoms with Crippen molar-refractivity contribution in [3.8, 4) is 18.1 Å². The minimum atomic E-state index is -0.435. The van der Waals surface area contributed by atoms with E-state index in [0.29, 0.717) is 28.1 Å². The molecule has 0 atom stereocenters. The second kappa shape index (κ2) is 7.79. The number of hydrogen-bond donors (Lipinski definition) is 1. The van der Waals surface area contributed by atoms with Gasteiger partial charge in [-0.2, -0.15) is 0 Å². The summed E-state index contributed by atoms with van der Waals surface area (Å²) in [5.41, 5.74) is 2.66. The van der Waals surface area contributed by atoms with Gasteiger partial charge in [-0.3, -0.25) is 4.79 Å². The molecule has 1 amide bonds. The Morgan fingerprint density at radius 3 is 2.81 bits per heavy atom. The molecule has 27 heavy (non-hydrogen) atoms. The van der Waals surface area contributed by atoms with Crippen molar-refractivity contribution in [1.82, 2.24) is 0 Å². The molecule has 0 saturated carbocycles. The van der Waals surface area contributed by atoms with Crippen LogP contribution in [-0.4, -0.2) is 13.0 Å². The second-order valence-electron chi connectivity index (χ2n) is 6.13. The highest BCUT2D eigenvalue weighted by Gasteiger charge is 2.14. The summed E-state index contributed by atoms with van der Waals surface area (Å²) in [6.45, 7) is 1.86. The maximum Gasteiger partial charge on any atom is 0.339 e. The summed E-state index contributed by atoms with van der Waals surface area (Å²) in [5.74, 6) is 2.95. The lowest BCUT2D eigenvalue weighted by Crippen LogP contribution is -2.16. The highest BCUT2D eigenvalue weighted by atomic mass is 16.5. The molecular weight excluding hydrogens is 342 g/mol. The van der Waals surface area contributed by atoms with Crippen molar-refractivity contribution in [3.05, 3.63) is 69.6 Å². The Morgan fingerprint density at radius 1 is 1.26 bits per heavy atom. The number of carbonyl (C=O) groups is 1. The predicted molar refractivity (Wildman–Crippen MR) is 105 cm³/mol. The van der Waals surface area contributed by atoms with Crippen LogP contribution in [0.3, 0.4) is 0 Å². The van der Waals surface area contributed by atoms with Gasteiger partial charge in [-0.25, -0.2) is 4.79 Å². The molecule has 136 valence electrons. The van der Waals surface area contributed by atoms with Crippen molar-refractivity contribution >= 4 is 22.6 Å². The van der Waals surface area contributed by atoms with Gasteiger partial charge < -0.3 is 14.5 Å². The van der Waals surface area contributed by atoms with Crippen molar-refractivity contribution in [2.24, 2.45) is 0 Å². The third-order valence-corrected chi connectivity index (χ3v) is 4.41. The summed E-state index contributed by atoms with van der Waals surface area (Å²) in [6, 6.07) is 12.4. The lowest BCUT2D eigenvalue weighted by Gasteiger charge is -2.09. The molecule has 0 aliphatic carbocycles. The van der Waals surface area contributed by atoms with Crippen LogP contribution in [0.5, 0.6) is 5.75 Å². The Morgan fingerprint density at radius 2 is 2.07 bits per heavy atom. The van der Waals surface area contributed by atoms with E-state index in [1.54, 1.807) is 37.4 Å². The summed E-state index contributed by atoms with van der Waals surface area (Å²) in [4.78, 5) is 24.6. The Labute approximate surface area is 157 Å². The summed E-state index contributed by atoms with van der Waals surface area (Å²) in [5, 5.41) is 3.62. The highest BCUT2D eigenvalue weighted by molar-refractivity contribution is 5.91. The van der Waals surface area contributed by atoms with Gasteiger partial charge in [-0.1, -0.05) is 12.0 Å². The normalized spacial score (nSPS) is 10.4. The van der Waals surface area contributed by atoms with E-state index in [9.17, 15) is 9.59 Å². The fourth-order valence-electron chi connectivity index (χ4n) is 2.94. The maximum absolute atomic E-state index is 12.3. The SMILES string of the molecule is C#Cc1cccc(NC(=O)CCc2c(C)c3ccc(OC)cc3oc2=O)c1. The molecule has 1 N–H and O–H groups in total. The molecule has 0 spiro atoms. The van der Waals surface area contributed by atoms with Crippen molar-refractivity contribution in [2.45, 2.75) is 19.8 Å². The minimum Gasteiger partial charge on any atom is -0.497 e. The number of amides is 1. The molecule has 1 aromatic heterocycles. The van der Waals surface area contributed by atoms with Crippen LogP contribution < -0.4 is 15.7 Å². The molecule has 5 heteroatoms. The number of anilines is 1. The lowest BCUT2D eigenvalue weighted by molar-refractivity contribution is -0.116. The quantitative estimate of drug-likeness (QED) is 0.556. The molecule has 5 nitrogen and oxygen atoms in total. The maximum atomic E-state index is 12.3. The molecule has 0 radical (unpaired) electrons. The van der Waals surface area contributed by atoms with Gasteiger partial charge in [0.15, 0.2) is 0 Å². The first-order valence-corrected chi connectivity index (χ1v) is 8.48. The van der Waals surface area contributed by atoms with Crippen LogP contribution in [-0.2, 0) is 11.2 Å². The van der Waals surface area contributed by atoms with Crippen molar-refractivity contribution in [2.75, 3.05) is 12.4 Å². The van der Waals surface area contributed by atoms with Gasteiger partial charge in [-0.15, -0.1) is 6.42 Å². The topological polar surface area (TPSA) is 68.5 Å². The fourth-order valence-corrected chi connectivity index (χ4v) is 2.94. The first-order chi connectivity index (χ1) is 13.0. The third-order valence-electron chi connectivity index (χ3n) is 4.41. The molecule has 0 aliphatic heterocycles. The smallest absolute Gasteiger partial charge is 0.339 e. The Kier molecular flexibility index (Phi) is 5.28. The zero-order chi connectivity index (χ0) is 19.4. The van der Waals surface area contributed by atoms with E-state index in [2.05, 4.69) is 11.2 Å². The van der Waals surface area contributed by atoms with Crippen LogP contribution >= 0.6 is 0 Å². The fraction of sp³-hybridized carbons (Fsp3) is 0.182. The largest absolute Gasteiger partial charge is 0.497 e. The van der Waals surface area contributed by atoms with Gasteiger partial charge in [0.2, 0.25) is 5.91 Å². The molecule has 0 aliphatic rings. The first-order valence-electron chi connectivity index (χ1n) is 8.48. The second-order valence-corrected chi connectivity index (χ2v) is 6.13. The summed E-state index contributed by atoms with van der Waals surface area (Å²) in [6.07, 6.45) is 5.81. The van der Waals surface area contributed by atoms with E-state index >= 15 is 0 Å². The van der Waals surface area contributed by atoms with Gasteiger partial charge in [0.25, 0.3) is 0 Å². The molecule has 3 rings (SSSR count). The van der Waals surface area contributed by atoms with E-state index in [1.165, 1.54) is 0 Å². The lowest BCUT2D eigenvalue weighted by atomic mass is 10.0. The molecule has 3 aromatic rings. The molecule has 2 aromatic carbocycles. The zero-order valence-corrected chi connectivity index (χ0v) is 15.2. The number of terminal acetylenes is 1. The van der Waals surface area contributed by atoms with Gasteiger partial charge >= 0.3 is 5.63 Å². The van der Waals surface area contributed by atoms with Crippen molar-refractivity contribution < 1.29 is 13.9 Å². The van der Waals surface area contributed by atoms with Crippen LogP contribution in [0, 0.1) is 19.3 Å². The van der Waals surface area contributed by atoms with Gasteiger partial charge in [0.1, 0.15) is 11.3 Å². The summed E-state index contributed by atoms with van der Waals surface area (Å²) >= 11 is 0. The van der Waals surface area contributed by atoms with Crippen molar-refractivity contribution in [1.29, 1.82) is 0 Å². The average molecular weight is 361 g/mol. The number of hydrogen-bond acceptors (Lipinski definition) is 4. The number of rotatable bonds is 5. The van der Waals surface area contributed by atoms with E-state index in [4.69, 9.17) is 15.6 Å². The van der Waals surface area contributed by atoms with Crippen LogP contribution in [0.4, 0.5) is 5.69 Å². The van der Waals surface area contributed by atoms with Crippen LogP contribution in [0.1, 0.15) is 23.1 Å². The minimum absolute atomic E-state index is 0.160. The van der Waals surface area contributed by atoms with E-state index in [-0.39, 0.29) is 18.7 Å². The number of ether oxygens (including phenoxy) is 1. The number of aryl methyl sites for hydroxylation is 1. The van der Waals surface area contributed by atoms with Crippen LogP contribution in [0.15, 0.2) is 51.7 Å². The molecule has 0 saturated heterocycles. The monoisotopic (exact) mass is 361 g/mol. The van der Waals surface area contributed by atoms with E-state index < -0.39 is 5.63 Å². The van der Waals surface area contributed by atoms with Gasteiger partial charge in [-0.05, 0) is 49.2 Å². The molecule has 0 fully saturated rings. The Balaban J connectivity index is 1.77. The number of fused-ring (bicyclic) bond motifs is 1. The Hall–Kier alpha value is -3.52. The summed E-state index contributed by atoms with van der Waals surface area (Å²) in [7, 11) is 1.55. The zero-order valence-electron chi connectivity index (χ0n) is 15.2. The Bertz CT molecular complexity index is 1110. The highest BCUT2D eigenvalue weighted by Crippen LogP contribution is 2.24. The number of methoxy groups -OCH3 is 1. The standard InChI is InChI=1S/C22H19NO4/c1-4-15-6-5-7-16(12-15)23-21(24)11-10-19-14(2)18-9-8-17(26-3)13-20(18)27-22(19)25/h1,5-9,12-13H,10-11H2,2-3H3,(H,23,24). The van der Waals surface area contributed by atoms with Gasteiger partial charge in [0, 0.05) is 34.7 Å². The van der Waals surface area contributed by atoms with Crippen LogP contribution in [0.2, 0.25) is 0 Å². The number of nitrogens with one attached hydrogen (secondary N) is 1. The average Bonchev–Trinajstić information content (AvgIpc) is 2.67. The summed E-state index contributed by atoms with van der Waals surface area (Å²) < 4.78 is 10.6. The van der Waals surface area contributed by atoms with Crippen molar-refractivity contribution in [3.63, 3.8) is 0 Å². The van der Waals surface area contributed by atoms with E-state index in [1.807, 2.05) is 19.1 Å². The molecular formula is C22H19NO4. The molecule has 0 bridgehead atoms. The number of carbonyl (C=O) groups excluding carboxylic acids is 1. The van der Waals surface area contributed by atoms with Crippen LogP contribution in [0.25, 0.3) is 11.0 Å². The first kappa shape index (κ1) is 18.3. The number of benzene rings is 2. The third kappa shape index (κ3) is 4.01. The molecule has 0 unspecified atom stereocenters. The van der Waals surface area contributed by atoms with E-state index in [0.717, 1.165) is 10.9 Å².